The number of esters is 1. The fourth-order valence-electron chi connectivity index (χ4n) is 2.83. The summed E-state index contributed by atoms with van der Waals surface area (Å²) in [4.78, 5) is 48.3. The zero-order chi connectivity index (χ0) is 25.3. The zero-order valence-electron chi connectivity index (χ0n) is 20.0. The number of nitrogens with one attached hydrogen (secondary N) is 2. The van der Waals surface area contributed by atoms with E-state index in [1.807, 2.05) is 12.1 Å². The molecule has 2 rings (SSSR count). The van der Waals surface area contributed by atoms with Crippen LogP contribution in [0.2, 0.25) is 0 Å². The first kappa shape index (κ1) is 26.3. The molecule has 0 fully saturated rings. The standard InChI is InChI=1S/C26H30N2O6/c1-17(27-22(29)15-8-18-6-13-21(33-5)14-7-18)25(32)34-16-23(30)28-24(31)19-9-11-20(12-10-19)26(2,3)4/h6-15,17H,16H2,1-5H3,(H,27,29)(H,28,30,31)/b15-8+/t17-/m0/s1. The molecule has 8 heteroatoms. The Labute approximate surface area is 199 Å². The molecule has 0 saturated carbocycles. The fourth-order valence-corrected chi connectivity index (χ4v) is 2.83. The molecule has 2 N–H and O–H groups in total. The van der Waals surface area contributed by atoms with Crippen molar-refractivity contribution < 1.29 is 28.7 Å². The van der Waals surface area contributed by atoms with Gasteiger partial charge in [0.25, 0.3) is 11.8 Å². The lowest BCUT2D eigenvalue weighted by molar-refractivity contribution is -0.150. The van der Waals surface area contributed by atoms with Gasteiger partial charge < -0.3 is 14.8 Å². The molecule has 3 amide bonds. The lowest BCUT2D eigenvalue weighted by Crippen LogP contribution is -2.41. The van der Waals surface area contributed by atoms with Gasteiger partial charge in [-0.15, -0.1) is 0 Å². The Bertz CT molecular complexity index is 1050. The average molecular weight is 467 g/mol. The van der Waals surface area contributed by atoms with Crippen molar-refractivity contribution in [1.29, 1.82) is 0 Å². The summed E-state index contributed by atoms with van der Waals surface area (Å²) < 4.78 is 9.97. The van der Waals surface area contributed by atoms with Gasteiger partial charge in [0.05, 0.1) is 7.11 Å². The van der Waals surface area contributed by atoms with Gasteiger partial charge in [0.1, 0.15) is 11.8 Å². The number of carbonyl (C=O) groups excluding carboxylic acids is 4. The molecule has 0 heterocycles. The van der Waals surface area contributed by atoms with E-state index >= 15 is 0 Å². The van der Waals surface area contributed by atoms with Crippen LogP contribution < -0.4 is 15.4 Å². The molecule has 0 aliphatic heterocycles. The third-order valence-electron chi connectivity index (χ3n) is 4.87. The van der Waals surface area contributed by atoms with Crippen LogP contribution in [-0.2, 0) is 24.5 Å². The maximum Gasteiger partial charge on any atom is 0.328 e. The van der Waals surface area contributed by atoms with Gasteiger partial charge in [-0.1, -0.05) is 45.0 Å². The van der Waals surface area contributed by atoms with E-state index in [2.05, 4.69) is 31.4 Å². The number of rotatable bonds is 8. The van der Waals surface area contributed by atoms with E-state index in [-0.39, 0.29) is 5.41 Å². The first-order chi connectivity index (χ1) is 16.0. The van der Waals surface area contributed by atoms with Crippen molar-refractivity contribution in [2.75, 3.05) is 13.7 Å². The molecule has 0 aliphatic carbocycles. The van der Waals surface area contributed by atoms with Crippen LogP contribution in [0.3, 0.4) is 0 Å². The largest absolute Gasteiger partial charge is 0.497 e. The van der Waals surface area contributed by atoms with Gasteiger partial charge in [-0.3, -0.25) is 19.7 Å². The molecular formula is C26H30N2O6. The van der Waals surface area contributed by atoms with Crippen LogP contribution in [0.1, 0.15) is 49.2 Å². The summed E-state index contributed by atoms with van der Waals surface area (Å²) >= 11 is 0. The highest BCUT2D eigenvalue weighted by Crippen LogP contribution is 2.22. The molecule has 0 aliphatic rings. The van der Waals surface area contributed by atoms with Crippen LogP contribution in [0, 0.1) is 0 Å². The lowest BCUT2D eigenvalue weighted by atomic mass is 9.87. The van der Waals surface area contributed by atoms with E-state index < -0.39 is 36.3 Å². The Kier molecular flexibility index (Phi) is 9.12. The molecule has 0 unspecified atom stereocenters. The van der Waals surface area contributed by atoms with E-state index in [4.69, 9.17) is 9.47 Å². The molecule has 1 atom stereocenters. The monoisotopic (exact) mass is 466 g/mol. The summed E-state index contributed by atoms with van der Waals surface area (Å²) in [6, 6.07) is 13.0. The summed E-state index contributed by atoms with van der Waals surface area (Å²) in [5.74, 6) is -1.97. The predicted octanol–water partition coefficient (Wildman–Crippen LogP) is 3.01. The van der Waals surface area contributed by atoms with Crippen LogP contribution in [0.15, 0.2) is 54.6 Å². The predicted molar refractivity (Wildman–Crippen MR) is 128 cm³/mol. The third kappa shape index (κ3) is 8.20. The number of benzene rings is 2. The van der Waals surface area contributed by atoms with Crippen molar-refractivity contribution in [1.82, 2.24) is 10.6 Å². The maximum absolute atomic E-state index is 12.2. The number of amides is 3. The van der Waals surface area contributed by atoms with E-state index in [1.165, 1.54) is 13.0 Å². The highest BCUT2D eigenvalue weighted by molar-refractivity contribution is 6.05. The Hall–Kier alpha value is -3.94. The molecule has 2 aromatic rings. The Morgan fingerprint density at radius 1 is 0.971 bits per heavy atom. The summed E-state index contributed by atoms with van der Waals surface area (Å²) in [5.41, 5.74) is 2.09. The fraction of sp³-hybridized carbons (Fsp3) is 0.308. The molecule has 0 bridgehead atoms. The van der Waals surface area contributed by atoms with E-state index in [1.54, 1.807) is 49.6 Å². The topological polar surface area (TPSA) is 111 Å². The normalized spacial score (nSPS) is 12.0. The number of ether oxygens (including phenoxy) is 2. The minimum atomic E-state index is -0.985. The van der Waals surface area contributed by atoms with Gasteiger partial charge in [-0.25, -0.2) is 4.79 Å². The second-order valence-corrected chi connectivity index (χ2v) is 8.65. The molecule has 0 saturated heterocycles. The van der Waals surface area contributed by atoms with E-state index in [9.17, 15) is 19.2 Å². The van der Waals surface area contributed by atoms with E-state index in [0.29, 0.717) is 11.3 Å². The van der Waals surface area contributed by atoms with Gasteiger partial charge in [-0.05, 0) is 53.8 Å². The van der Waals surface area contributed by atoms with Gasteiger partial charge in [-0.2, -0.15) is 0 Å². The number of imide groups is 1. The Balaban J connectivity index is 1.78. The molecule has 180 valence electrons. The number of hydrogen-bond donors (Lipinski definition) is 2. The van der Waals surface area contributed by atoms with Crippen molar-refractivity contribution >= 4 is 29.8 Å². The second kappa shape index (κ2) is 11.8. The summed E-state index contributed by atoms with van der Waals surface area (Å²) in [6.07, 6.45) is 2.86. The van der Waals surface area contributed by atoms with Gasteiger partial charge in [0.15, 0.2) is 6.61 Å². The van der Waals surface area contributed by atoms with E-state index in [0.717, 1.165) is 11.1 Å². The molecule has 0 spiro atoms. The smallest absolute Gasteiger partial charge is 0.328 e. The van der Waals surface area contributed by atoms with Crippen LogP contribution in [0.5, 0.6) is 5.75 Å². The minimum absolute atomic E-state index is 0.0589. The summed E-state index contributed by atoms with van der Waals surface area (Å²) in [5, 5.41) is 4.63. The minimum Gasteiger partial charge on any atom is -0.497 e. The first-order valence-corrected chi connectivity index (χ1v) is 10.7. The van der Waals surface area contributed by atoms with Crippen molar-refractivity contribution in [2.45, 2.75) is 39.2 Å². The van der Waals surface area contributed by atoms with Gasteiger partial charge >= 0.3 is 5.97 Å². The molecular weight excluding hydrogens is 436 g/mol. The van der Waals surface area contributed by atoms with Crippen molar-refractivity contribution in [3.63, 3.8) is 0 Å². The first-order valence-electron chi connectivity index (χ1n) is 10.7. The van der Waals surface area contributed by atoms with Crippen LogP contribution in [-0.4, -0.2) is 43.4 Å². The number of methoxy groups -OCH3 is 1. The highest BCUT2D eigenvalue weighted by atomic mass is 16.5. The quantitative estimate of drug-likeness (QED) is 0.457. The molecule has 34 heavy (non-hydrogen) atoms. The molecule has 0 aromatic heterocycles. The average Bonchev–Trinajstić information content (AvgIpc) is 2.81. The lowest BCUT2D eigenvalue weighted by Gasteiger charge is -2.19. The molecule has 0 radical (unpaired) electrons. The molecule has 8 nitrogen and oxygen atoms in total. The van der Waals surface area contributed by atoms with Crippen molar-refractivity contribution in [3.8, 4) is 5.75 Å². The van der Waals surface area contributed by atoms with Crippen LogP contribution in [0.25, 0.3) is 6.08 Å². The van der Waals surface area contributed by atoms with Crippen molar-refractivity contribution in [3.05, 3.63) is 71.3 Å². The summed E-state index contributed by atoms with van der Waals surface area (Å²) in [7, 11) is 1.56. The van der Waals surface area contributed by atoms with Gasteiger partial charge in [0.2, 0.25) is 5.91 Å². The Morgan fingerprint density at radius 2 is 1.59 bits per heavy atom. The number of carbonyl (C=O) groups is 4. The molecule has 2 aromatic carbocycles. The van der Waals surface area contributed by atoms with Crippen LogP contribution in [0.4, 0.5) is 0 Å². The third-order valence-corrected chi connectivity index (χ3v) is 4.87. The second-order valence-electron chi connectivity index (χ2n) is 8.65. The van der Waals surface area contributed by atoms with Crippen molar-refractivity contribution in [2.24, 2.45) is 0 Å². The number of hydrogen-bond acceptors (Lipinski definition) is 6. The van der Waals surface area contributed by atoms with Crippen LogP contribution >= 0.6 is 0 Å². The zero-order valence-corrected chi connectivity index (χ0v) is 20.0. The summed E-state index contributed by atoms with van der Waals surface area (Å²) in [6.45, 7) is 6.95. The maximum atomic E-state index is 12.2. The SMILES string of the molecule is COc1ccc(/C=C/C(=O)N[C@@H](C)C(=O)OCC(=O)NC(=O)c2ccc(C(C)(C)C)cc2)cc1. The Morgan fingerprint density at radius 3 is 2.15 bits per heavy atom. The highest BCUT2D eigenvalue weighted by Gasteiger charge is 2.19. The van der Waals surface area contributed by atoms with Gasteiger partial charge in [0, 0.05) is 11.6 Å².